The molecule has 3 N–H and O–H groups in total. The van der Waals surface area contributed by atoms with E-state index in [9.17, 15) is 32.7 Å². The Morgan fingerprint density at radius 2 is 1.75 bits per heavy atom. The summed E-state index contributed by atoms with van der Waals surface area (Å²) in [5, 5.41) is 15.2. The molecule has 0 spiro atoms. The molecule has 0 radical (unpaired) electrons. The molecule has 4 aliphatic rings. The number of carboxylic acid groups (broad SMARTS) is 1. The number of fused-ring (bicyclic) bond motifs is 2. The fraction of sp³-hybridized carbons (Fsp3) is 0.690. The van der Waals surface area contributed by atoms with Crippen molar-refractivity contribution >= 4 is 17.8 Å². The van der Waals surface area contributed by atoms with Crippen molar-refractivity contribution in [2.75, 3.05) is 6.54 Å². The average Bonchev–Trinajstić information content (AvgIpc) is 3.49. The van der Waals surface area contributed by atoms with E-state index < -0.39 is 54.0 Å². The quantitative estimate of drug-likeness (QED) is 0.371. The number of carboxylic acids is 1. The molecular formula is C29H37F3N2O6. The molecule has 5 rings (SSSR count). The lowest BCUT2D eigenvalue weighted by atomic mass is 9.70. The van der Waals surface area contributed by atoms with Crippen molar-refractivity contribution in [3.8, 4) is 11.5 Å². The lowest BCUT2D eigenvalue weighted by molar-refractivity contribution is -0.143. The number of ether oxygens (including phenoxy) is 2. The summed E-state index contributed by atoms with van der Waals surface area (Å²) in [5.74, 6) is -4.29. The standard InChI is InChI=1S/C29H37F3N2O6/c1-29(9-2-10-29)14-33-26(36)23-16-3-4-17(11-16)24(23)34-25(35)19-12-22(20(30)13-21(19)40-28(31)32)39-18-7-5-15(6-8-18)27(37)38/h12-13,15-18,23-24,28H,2-11,14H2,1H3,(H,33,36)(H,34,35)(H,37,38). The van der Waals surface area contributed by atoms with Gasteiger partial charge in [-0.3, -0.25) is 14.4 Å². The maximum absolute atomic E-state index is 14.9. The van der Waals surface area contributed by atoms with Gasteiger partial charge in [-0.1, -0.05) is 13.3 Å². The second-order valence-electron chi connectivity index (χ2n) is 12.3. The van der Waals surface area contributed by atoms with Crippen LogP contribution in [0.3, 0.4) is 0 Å². The molecule has 1 aromatic rings. The van der Waals surface area contributed by atoms with E-state index in [4.69, 9.17) is 4.74 Å². The van der Waals surface area contributed by atoms with Crippen LogP contribution in [-0.2, 0) is 9.59 Å². The molecule has 2 amide bonds. The van der Waals surface area contributed by atoms with Crippen molar-refractivity contribution in [2.24, 2.45) is 29.1 Å². The Kier molecular flexibility index (Phi) is 8.20. The van der Waals surface area contributed by atoms with E-state index in [1.54, 1.807) is 0 Å². The molecule has 40 heavy (non-hydrogen) atoms. The molecule has 1 aromatic carbocycles. The number of carbonyl (C=O) groups is 3. The van der Waals surface area contributed by atoms with Crippen LogP contribution in [0.4, 0.5) is 13.2 Å². The molecule has 4 atom stereocenters. The minimum Gasteiger partial charge on any atom is -0.487 e. The van der Waals surface area contributed by atoms with Crippen LogP contribution in [0.5, 0.6) is 11.5 Å². The number of alkyl halides is 2. The predicted octanol–water partition coefficient (Wildman–Crippen LogP) is 4.90. The van der Waals surface area contributed by atoms with E-state index in [2.05, 4.69) is 22.3 Å². The van der Waals surface area contributed by atoms with Gasteiger partial charge < -0.3 is 25.2 Å². The first-order valence-corrected chi connectivity index (χ1v) is 14.3. The topological polar surface area (TPSA) is 114 Å². The van der Waals surface area contributed by atoms with E-state index in [1.807, 2.05) is 0 Å². The van der Waals surface area contributed by atoms with E-state index >= 15 is 0 Å². The van der Waals surface area contributed by atoms with Crippen LogP contribution in [0.25, 0.3) is 0 Å². The van der Waals surface area contributed by atoms with Crippen molar-refractivity contribution in [1.82, 2.24) is 10.6 Å². The third-order valence-electron chi connectivity index (χ3n) is 9.58. The molecule has 4 unspecified atom stereocenters. The van der Waals surface area contributed by atoms with Gasteiger partial charge in [0.2, 0.25) is 5.91 Å². The SMILES string of the molecule is CC1(CNC(=O)C2C3CCC(C3)C2NC(=O)c2cc(OC3CCC(C(=O)O)CC3)c(F)cc2OC(F)F)CCC1. The first-order valence-electron chi connectivity index (χ1n) is 14.3. The maximum atomic E-state index is 14.9. The minimum atomic E-state index is -3.28. The van der Waals surface area contributed by atoms with Gasteiger partial charge in [0.1, 0.15) is 5.75 Å². The van der Waals surface area contributed by atoms with Crippen LogP contribution >= 0.6 is 0 Å². The number of nitrogens with one attached hydrogen (secondary N) is 2. The second kappa shape index (κ2) is 11.5. The fourth-order valence-electron chi connectivity index (χ4n) is 7.08. The molecular weight excluding hydrogens is 529 g/mol. The van der Waals surface area contributed by atoms with E-state index in [-0.39, 0.29) is 34.5 Å². The van der Waals surface area contributed by atoms with Crippen LogP contribution in [0.2, 0.25) is 0 Å². The van der Waals surface area contributed by atoms with Gasteiger partial charge in [0, 0.05) is 18.7 Å². The van der Waals surface area contributed by atoms with Gasteiger partial charge in [-0.2, -0.15) is 8.78 Å². The highest BCUT2D eigenvalue weighted by Crippen LogP contribution is 2.49. The van der Waals surface area contributed by atoms with Crippen molar-refractivity contribution in [3.63, 3.8) is 0 Å². The summed E-state index contributed by atoms with van der Waals surface area (Å²) in [4.78, 5) is 38.0. The largest absolute Gasteiger partial charge is 0.487 e. The van der Waals surface area contributed by atoms with Crippen molar-refractivity contribution in [2.45, 2.75) is 89.9 Å². The Morgan fingerprint density at radius 1 is 1.05 bits per heavy atom. The number of hydrogen-bond donors (Lipinski definition) is 3. The van der Waals surface area contributed by atoms with Crippen LogP contribution in [0.1, 0.15) is 81.5 Å². The van der Waals surface area contributed by atoms with E-state index in [0.29, 0.717) is 38.3 Å². The zero-order valence-corrected chi connectivity index (χ0v) is 22.6. The average molecular weight is 567 g/mol. The van der Waals surface area contributed by atoms with Crippen molar-refractivity contribution < 1.29 is 42.1 Å². The Balaban J connectivity index is 1.31. The van der Waals surface area contributed by atoms with Gasteiger partial charge in [0.05, 0.1) is 23.5 Å². The summed E-state index contributed by atoms with van der Waals surface area (Å²) < 4.78 is 51.5. The number of halogens is 3. The van der Waals surface area contributed by atoms with Crippen LogP contribution in [-0.4, -0.2) is 48.2 Å². The summed E-state index contributed by atoms with van der Waals surface area (Å²) in [6, 6.07) is 1.30. The van der Waals surface area contributed by atoms with Gasteiger partial charge in [-0.05, 0) is 81.1 Å². The van der Waals surface area contributed by atoms with Crippen molar-refractivity contribution in [3.05, 3.63) is 23.5 Å². The number of benzene rings is 1. The van der Waals surface area contributed by atoms with Gasteiger partial charge in [0.25, 0.3) is 5.91 Å². The Bertz CT molecular complexity index is 1140. The molecule has 0 aromatic heterocycles. The first-order chi connectivity index (χ1) is 19.0. The molecule has 4 fully saturated rings. The number of amides is 2. The molecule has 0 aliphatic heterocycles. The van der Waals surface area contributed by atoms with Crippen LogP contribution in [0, 0.1) is 34.9 Å². The molecule has 11 heteroatoms. The maximum Gasteiger partial charge on any atom is 0.387 e. The molecule has 2 bridgehead atoms. The lowest BCUT2D eigenvalue weighted by Crippen LogP contribution is -2.51. The Morgan fingerprint density at radius 3 is 2.38 bits per heavy atom. The molecule has 4 aliphatic carbocycles. The van der Waals surface area contributed by atoms with E-state index in [0.717, 1.165) is 44.6 Å². The monoisotopic (exact) mass is 566 g/mol. The van der Waals surface area contributed by atoms with E-state index in [1.165, 1.54) is 0 Å². The Labute approximate surface area is 231 Å². The fourth-order valence-corrected chi connectivity index (χ4v) is 7.08. The molecule has 220 valence electrons. The highest BCUT2D eigenvalue weighted by atomic mass is 19.3. The summed E-state index contributed by atoms with van der Waals surface area (Å²) in [6.07, 6.45) is 6.86. The van der Waals surface area contributed by atoms with Crippen LogP contribution < -0.4 is 20.1 Å². The number of carbonyl (C=O) groups excluding carboxylic acids is 2. The molecule has 0 saturated heterocycles. The first kappa shape index (κ1) is 28.5. The van der Waals surface area contributed by atoms with Gasteiger partial charge in [-0.15, -0.1) is 0 Å². The molecule has 4 saturated carbocycles. The normalized spacial score (nSPS) is 30.4. The summed E-state index contributed by atoms with van der Waals surface area (Å²) in [6.45, 7) is -0.550. The lowest BCUT2D eigenvalue weighted by Gasteiger charge is -2.39. The number of rotatable bonds is 10. The number of aliphatic carboxylic acids is 1. The zero-order valence-electron chi connectivity index (χ0n) is 22.6. The van der Waals surface area contributed by atoms with Gasteiger partial charge in [-0.25, -0.2) is 4.39 Å². The predicted molar refractivity (Wildman–Crippen MR) is 138 cm³/mol. The summed E-state index contributed by atoms with van der Waals surface area (Å²) >= 11 is 0. The highest BCUT2D eigenvalue weighted by Gasteiger charge is 2.51. The minimum absolute atomic E-state index is 0.0871. The number of hydrogen-bond acceptors (Lipinski definition) is 5. The van der Waals surface area contributed by atoms with Crippen LogP contribution in [0.15, 0.2) is 12.1 Å². The highest BCUT2D eigenvalue weighted by molar-refractivity contribution is 5.98. The Hall–Kier alpha value is -2.98. The summed E-state index contributed by atoms with van der Waals surface area (Å²) in [7, 11) is 0. The zero-order chi connectivity index (χ0) is 28.6. The summed E-state index contributed by atoms with van der Waals surface area (Å²) in [5.41, 5.74) is -0.204. The third-order valence-corrected chi connectivity index (χ3v) is 9.58. The molecule has 0 heterocycles. The van der Waals surface area contributed by atoms with Gasteiger partial charge in [0.15, 0.2) is 11.6 Å². The molecule has 8 nitrogen and oxygen atoms in total. The second-order valence-corrected chi connectivity index (χ2v) is 12.3. The third kappa shape index (κ3) is 6.02. The van der Waals surface area contributed by atoms with Crippen molar-refractivity contribution in [1.29, 1.82) is 0 Å². The smallest absolute Gasteiger partial charge is 0.387 e. The van der Waals surface area contributed by atoms with Gasteiger partial charge >= 0.3 is 12.6 Å².